The molecule has 0 N–H and O–H groups in total. The van der Waals surface area contributed by atoms with Crippen LogP contribution in [0.3, 0.4) is 0 Å². The van der Waals surface area contributed by atoms with E-state index in [-0.39, 0.29) is 23.4 Å². The molecule has 0 saturated heterocycles. The molecule has 0 radical (unpaired) electrons. The largest absolute Gasteiger partial charge is 0.341 e. The highest BCUT2D eigenvalue weighted by Gasteiger charge is 2.30. The van der Waals surface area contributed by atoms with E-state index in [1.165, 1.54) is 28.6 Å². The maximum atomic E-state index is 13.3. The van der Waals surface area contributed by atoms with Crippen molar-refractivity contribution < 1.29 is 13.2 Å². The summed E-state index contributed by atoms with van der Waals surface area (Å²) in [6.07, 6.45) is 4.15. The molecule has 1 fully saturated rings. The molecule has 28 heavy (non-hydrogen) atoms. The number of hydrogen-bond acceptors (Lipinski definition) is 3. The number of anilines is 1. The first-order chi connectivity index (χ1) is 13.3. The Morgan fingerprint density at radius 3 is 2.18 bits per heavy atom. The van der Waals surface area contributed by atoms with Crippen molar-refractivity contribution in [3.63, 3.8) is 0 Å². The minimum Gasteiger partial charge on any atom is -0.341 e. The van der Waals surface area contributed by atoms with Crippen molar-refractivity contribution in [3.8, 4) is 0 Å². The van der Waals surface area contributed by atoms with E-state index in [9.17, 15) is 13.2 Å². The Morgan fingerprint density at radius 2 is 1.61 bits per heavy atom. The monoisotopic (exact) mass is 420 g/mol. The molecule has 1 aliphatic rings. The van der Waals surface area contributed by atoms with Gasteiger partial charge in [0, 0.05) is 18.1 Å². The van der Waals surface area contributed by atoms with Crippen LogP contribution >= 0.6 is 11.6 Å². The van der Waals surface area contributed by atoms with Crippen molar-refractivity contribution in [2.45, 2.75) is 43.5 Å². The van der Waals surface area contributed by atoms with Crippen LogP contribution in [-0.4, -0.2) is 38.9 Å². The van der Waals surface area contributed by atoms with Gasteiger partial charge in [-0.1, -0.05) is 42.1 Å². The van der Waals surface area contributed by atoms with Crippen molar-refractivity contribution in [2.24, 2.45) is 0 Å². The summed E-state index contributed by atoms with van der Waals surface area (Å²) in [6, 6.07) is 13.3. The second-order valence-corrected chi connectivity index (χ2v) is 9.54. The van der Waals surface area contributed by atoms with Crippen molar-refractivity contribution in [2.75, 3.05) is 17.9 Å². The van der Waals surface area contributed by atoms with Crippen LogP contribution in [0.15, 0.2) is 53.4 Å². The first-order valence-corrected chi connectivity index (χ1v) is 11.2. The lowest BCUT2D eigenvalue weighted by molar-refractivity contribution is -0.130. The Balaban J connectivity index is 1.94. The number of aryl methyl sites for hydroxylation is 1. The molecular weight excluding hydrogens is 396 g/mol. The molecule has 5 nitrogen and oxygen atoms in total. The average molecular weight is 421 g/mol. The van der Waals surface area contributed by atoms with Crippen LogP contribution in [-0.2, 0) is 14.8 Å². The lowest BCUT2D eigenvalue weighted by Crippen LogP contribution is -2.44. The number of carbonyl (C=O) groups excluding carboxylic acids is 1. The Labute approximate surface area is 172 Å². The van der Waals surface area contributed by atoms with E-state index in [2.05, 4.69) is 0 Å². The smallest absolute Gasteiger partial charge is 0.264 e. The normalized spacial score (nSPS) is 14.8. The Kier molecular flexibility index (Phi) is 6.30. The van der Waals surface area contributed by atoms with Crippen molar-refractivity contribution in [1.29, 1.82) is 0 Å². The lowest BCUT2D eigenvalue weighted by Gasteiger charge is -2.29. The van der Waals surface area contributed by atoms with Gasteiger partial charge < -0.3 is 4.90 Å². The summed E-state index contributed by atoms with van der Waals surface area (Å²) in [6.45, 7) is 1.70. The van der Waals surface area contributed by atoms with E-state index in [0.717, 1.165) is 31.2 Å². The van der Waals surface area contributed by atoms with Gasteiger partial charge >= 0.3 is 0 Å². The Hall–Kier alpha value is -2.05. The second-order valence-electron chi connectivity index (χ2n) is 7.24. The topological polar surface area (TPSA) is 57.7 Å². The molecule has 1 amide bonds. The third-order valence-corrected chi connectivity index (χ3v) is 7.31. The van der Waals surface area contributed by atoms with Crippen LogP contribution in [0.5, 0.6) is 0 Å². The molecule has 0 atom stereocenters. The highest BCUT2D eigenvalue weighted by molar-refractivity contribution is 7.92. The summed E-state index contributed by atoms with van der Waals surface area (Å²) < 4.78 is 27.8. The molecule has 0 spiro atoms. The maximum Gasteiger partial charge on any atom is 0.264 e. The van der Waals surface area contributed by atoms with Gasteiger partial charge in [-0.2, -0.15) is 0 Å². The number of rotatable bonds is 6. The zero-order valence-corrected chi connectivity index (χ0v) is 17.7. The fourth-order valence-electron chi connectivity index (χ4n) is 3.49. The van der Waals surface area contributed by atoms with Gasteiger partial charge in [0.15, 0.2) is 0 Å². The fraction of sp³-hybridized carbons (Fsp3) is 0.381. The predicted molar refractivity (Wildman–Crippen MR) is 112 cm³/mol. The van der Waals surface area contributed by atoms with Crippen LogP contribution in [0, 0.1) is 6.92 Å². The van der Waals surface area contributed by atoms with Gasteiger partial charge in [-0.25, -0.2) is 8.42 Å². The Bertz CT molecular complexity index is 921. The molecule has 2 aromatic rings. The number of sulfonamides is 1. The van der Waals surface area contributed by atoms with E-state index in [4.69, 9.17) is 11.6 Å². The van der Waals surface area contributed by atoms with Crippen LogP contribution in [0.4, 0.5) is 5.69 Å². The van der Waals surface area contributed by atoms with Gasteiger partial charge in [-0.15, -0.1) is 0 Å². The third kappa shape index (κ3) is 4.50. The van der Waals surface area contributed by atoms with Crippen LogP contribution < -0.4 is 4.31 Å². The number of halogens is 1. The number of carbonyl (C=O) groups is 1. The zero-order valence-electron chi connectivity index (χ0n) is 16.1. The first-order valence-electron chi connectivity index (χ1n) is 9.39. The standard InChI is InChI=1S/C21H25ClN2O3S/c1-16-7-11-19(12-8-16)24(15-21(25)23(2)18-5-3-4-6-18)28(26,27)20-13-9-17(22)10-14-20/h7-14,18H,3-6,15H2,1-2H3. The van der Waals surface area contributed by atoms with Crippen molar-refractivity contribution in [1.82, 2.24) is 4.90 Å². The maximum absolute atomic E-state index is 13.3. The summed E-state index contributed by atoms with van der Waals surface area (Å²) in [5.74, 6) is -0.204. The fourth-order valence-corrected chi connectivity index (χ4v) is 5.03. The minimum atomic E-state index is -3.91. The molecular formula is C21H25ClN2O3S. The minimum absolute atomic E-state index is 0.105. The molecule has 0 heterocycles. The highest BCUT2D eigenvalue weighted by Crippen LogP contribution is 2.27. The number of hydrogen-bond donors (Lipinski definition) is 0. The summed E-state index contributed by atoms with van der Waals surface area (Å²) >= 11 is 5.91. The SMILES string of the molecule is Cc1ccc(N(CC(=O)N(C)C2CCCC2)S(=O)(=O)c2ccc(Cl)cc2)cc1. The van der Waals surface area contributed by atoms with Gasteiger partial charge in [0.05, 0.1) is 10.6 Å². The third-order valence-electron chi connectivity index (χ3n) is 5.27. The number of likely N-dealkylation sites (N-methyl/N-ethyl adjacent to an activating group) is 1. The first kappa shape index (κ1) is 20.7. The quantitative estimate of drug-likeness (QED) is 0.702. The van der Waals surface area contributed by atoms with Crippen LogP contribution in [0.1, 0.15) is 31.2 Å². The second kappa shape index (κ2) is 8.53. The van der Waals surface area contributed by atoms with Gasteiger partial charge in [-0.3, -0.25) is 9.10 Å². The molecule has 3 rings (SSSR count). The van der Waals surface area contributed by atoms with E-state index >= 15 is 0 Å². The van der Waals surface area contributed by atoms with Crippen molar-refractivity contribution >= 4 is 33.2 Å². The number of amides is 1. The lowest BCUT2D eigenvalue weighted by atomic mass is 10.2. The van der Waals surface area contributed by atoms with E-state index in [1.807, 2.05) is 19.1 Å². The van der Waals surface area contributed by atoms with Gasteiger partial charge in [0.1, 0.15) is 6.54 Å². The Morgan fingerprint density at radius 1 is 1.04 bits per heavy atom. The summed E-state index contributed by atoms with van der Waals surface area (Å²) in [4.78, 5) is 14.7. The molecule has 7 heteroatoms. The summed E-state index contributed by atoms with van der Waals surface area (Å²) in [7, 11) is -2.14. The molecule has 2 aromatic carbocycles. The van der Waals surface area contributed by atoms with Gasteiger partial charge in [0.2, 0.25) is 5.91 Å². The predicted octanol–water partition coefficient (Wildman–Crippen LogP) is 4.24. The van der Waals surface area contributed by atoms with E-state index < -0.39 is 10.0 Å². The molecule has 0 unspecified atom stereocenters. The molecule has 0 aliphatic heterocycles. The van der Waals surface area contributed by atoms with Crippen molar-refractivity contribution in [3.05, 3.63) is 59.1 Å². The molecule has 1 saturated carbocycles. The summed E-state index contributed by atoms with van der Waals surface area (Å²) in [5, 5.41) is 0.456. The molecule has 0 bridgehead atoms. The number of benzene rings is 2. The molecule has 150 valence electrons. The molecule has 1 aliphatic carbocycles. The van der Waals surface area contributed by atoms with Gasteiger partial charge in [-0.05, 0) is 56.2 Å². The van der Waals surface area contributed by atoms with Crippen LogP contribution in [0.2, 0.25) is 5.02 Å². The average Bonchev–Trinajstić information content (AvgIpc) is 3.21. The highest BCUT2D eigenvalue weighted by atomic mass is 35.5. The summed E-state index contributed by atoms with van der Waals surface area (Å²) in [5.41, 5.74) is 1.48. The zero-order chi connectivity index (χ0) is 20.3. The van der Waals surface area contributed by atoms with E-state index in [1.54, 1.807) is 24.1 Å². The van der Waals surface area contributed by atoms with Crippen LogP contribution in [0.25, 0.3) is 0 Å². The molecule has 0 aromatic heterocycles. The van der Waals surface area contributed by atoms with E-state index in [0.29, 0.717) is 10.7 Å². The number of nitrogens with zero attached hydrogens (tertiary/aromatic N) is 2. The van der Waals surface area contributed by atoms with Gasteiger partial charge in [0.25, 0.3) is 10.0 Å².